The van der Waals surface area contributed by atoms with Gasteiger partial charge in [-0.3, -0.25) is 10.1 Å². The molecule has 162 valence electrons. The molecule has 0 aliphatic carbocycles. The largest absolute Gasteiger partial charge is 0.367 e. The molecule has 1 aliphatic heterocycles. The quantitative estimate of drug-likeness (QED) is 0.574. The predicted molar refractivity (Wildman–Crippen MR) is 116 cm³/mol. The molecule has 2 aromatic heterocycles. The van der Waals surface area contributed by atoms with Gasteiger partial charge in [0, 0.05) is 26.2 Å². The predicted octanol–water partition coefficient (Wildman–Crippen LogP) is 2.79. The maximum absolute atomic E-state index is 13.1. The minimum atomic E-state index is -0.875. The molecule has 3 aromatic rings. The number of hydrogen-bond acceptors (Lipinski definition) is 9. The fraction of sp³-hybridized carbons (Fsp3) is 0.350. The summed E-state index contributed by atoms with van der Waals surface area (Å²) in [5.74, 6) is 0.0848. The number of carbonyl (C=O) groups is 1. The van der Waals surface area contributed by atoms with Crippen molar-refractivity contribution < 1.29 is 13.9 Å². The van der Waals surface area contributed by atoms with Gasteiger partial charge in [-0.25, -0.2) is 4.39 Å². The Balaban J connectivity index is 1.34. The van der Waals surface area contributed by atoms with Crippen molar-refractivity contribution in [3.63, 3.8) is 0 Å². The summed E-state index contributed by atoms with van der Waals surface area (Å²) in [6.07, 6.45) is 1.78. The lowest BCUT2D eigenvalue weighted by Crippen LogP contribution is -2.26. The van der Waals surface area contributed by atoms with Gasteiger partial charge < -0.3 is 15.0 Å². The average molecular weight is 444 g/mol. The molecule has 0 saturated carbocycles. The first-order valence-electron chi connectivity index (χ1n) is 9.75. The molecule has 2 N–H and O–H groups in total. The number of rotatable bonds is 7. The Morgan fingerprint density at radius 2 is 2.03 bits per heavy atom. The Kier molecular flexibility index (Phi) is 6.33. The van der Waals surface area contributed by atoms with Crippen molar-refractivity contribution in [3.8, 4) is 0 Å². The van der Waals surface area contributed by atoms with Gasteiger partial charge >= 0.3 is 0 Å². The van der Waals surface area contributed by atoms with Crippen LogP contribution >= 0.6 is 11.3 Å². The summed E-state index contributed by atoms with van der Waals surface area (Å²) in [4.78, 5) is 14.8. The third-order valence-corrected chi connectivity index (χ3v) is 5.69. The minimum Gasteiger partial charge on any atom is -0.367 e. The van der Waals surface area contributed by atoms with Gasteiger partial charge in [-0.2, -0.15) is 5.10 Å². The summed E-state index contributed by atoms with van der Waals surface area (Å²) in [6.45, 7) is 3.63. The van der Waals surface area contributed by atoms with Crippen LogP contribution in [0.15, 0.2) is 36.5 Å². The summed E-state index contributed by atoms with van der Waals surface area (Å²) in [5, 5.41) is 23.4. The van der Waals surface area contributed by atoms with Crippen LogP contribution in [-0.2, 0) is 9.53 Å². The summed E-state index contributed by atoms with van der Waals surface area (Å²) in [5.41, 5.74) is 1.62. The molecule has 3 heterocycles. The second kappa shape index (κ2) is 9.31. The monoisotopic (exact) mass is 443 g/mol. The van der Waals surface area contributed by atoms with Crippen LogP contribution in [0.3, 0.4) is 0 Å². The van der Waals surface area contributed by atoms with Gasteiger partial charge in [0.2, 0.25) is 10.3 Å². The maximum atomic E-state index is 13.1. The zero-order valence-electron chi connectivity index (χ0n) is 17.1. The van der Waals surface area contributed by atoms with E-state index >= 15 is 0 Å². The van der Waals surface area contributed by atoms with Crippen LogP contribution in [0.2, 0.25) is 0 Å². The Morgan fingerprint density at radius 3 is 2.77 bits per heavy atom. The number of nitrogens with one attached hydrogen (secondary N) is 2. The highest BCUT2D eigenvalue weighted by molar-refractivity contribution is 7.19. The summed E-state index contributed by atoms with van der Waals surface area (Å²) < 4.78 is 18.4. The molecule has 0 radical (unpaired) electrons. The average Bonchev–Trinajstić information content (AvgIpc) is 3.40. The fourth-order valence-electron chi connectivity index (χ4n) is 3.40. The van der Waals surface area contributed by atoms with E-state index in [1.165, 1.54) is 42.7 Å². The van der Waals surface area contributed by atoms with E-state index in [2.05, 4.69) is 35.9 Å². The van der Waals surface area contributed by atoms with E-state index in [-0.39, 0.29) is 11.9 Å². The molecule has 4 rings (SSSR count). The van der Waals surface area contributed by atoms with E-state index in [0.29, 0.717) is 15.8 Å². The van der Waals surface area contributed by atoms with Crippen LogP contribution in [0.25, 0.3) is 0 Å². The number of aromatic nitrogens is 4. The Morgan fingerprint density at radius 1 is 1.26 bits per heavy atom. The fourth-order valence-corrected chi connectivity index (χ4v) is 4.12. The maximum Gasteiger partial charge on any atom is 0.259 e. The van der Waals surface area contributed by atoms with Crippen LogP contribution in [-0.4, -0.2) is 52.5 Å². The molecule has 2 atom stereocenters. The number of carbonyl (C=O) groups excluding carboxylic acids is 1. The number of aryl methyl sites for hydroxylation is 1. The minimum absolute atomic E-state index is 0.185. The van der Waals surface area contributed by atoms with E-state index in [9.17, 15) is 9.18 Å². The van der Waals surface area contributed by atoms with Crippen LogP contribution < -0.4 is 15.5 Å². The van der Waals surface area contributed by atoms with Crippen LogP contribution in [0, 0.1) is 12.7 Å². The summed E-state index contributed by atoms with van der Waals surface area (Å²) >= 11 is 1.25. The Hall–Kier alpha value is -3.18. The van der Waals surface area contributed by atoms with Gasteiger partial charge in [-0.15, -0.1) is 15.3 Å². The van der Waals surface area contributed by atoms with E-state index in [1.54, 1.807) is 6.20 Å². The van der Waals surface area contributed by atoms with Gasteiger partial charge in [0.15, 0.2) is 11.9 Å². The van der Waals surface area contributed by atoms with Crippen LogP contribution in [0.4, 0.5) is 20.5 Å². The van der Waals surface area contributed by atoms with Crippen molar-refractivity contribution in [1.29, 1.82) is 0 Å². The number of amides is 1. The lowest BCUT2D eigenvalue weighted by Gasteiger charge is -2.17. The molecule has 1 saturated heterocycles. The van der Waals surface area contributed by atoms with E-state index in [4.69, 9.17) is 4.74 Å². The van der Waals surface area contributed by atoms with Crippen molar-refractivity contribution in [1.82, 2.24) is 20.4 Å². The summed E-state index contributed by atoms with van der Waals surface area (Å²) in [6, 6.07) is 7.80. The molecular weight excluding hydrogens is 421 g/mol. The zero-order chi connectivity index (χ0) is 21.8. The highest BCUT2D eigenvalue weighted by Gasteiger charge is 2.25. The number of nitrogens with zero attached hydrogens (tertiary/aromatic N) is 5. The molecule has 0 spiro atoms. The molecule has 9 nitrogen and oxygen atoms in total. The van der Waals surface area contributed by atoms with Gasteiger partial charge in [0.25, 0.3) is 5.91 Å². The number of benzene rings is 1. The van der Waals surface area contributed by atoms with Crippen LogP contribution in [0.5, 0.6) is 0 Å². The SMILES string of the molecule is CO[C@@H](C(=O)Nc1nnc(N[C@@H]2CCN(c3cc(C)cnn3)C2)s1)c1ccc(F)cc1. The standard InChI is InChI=1S/C20H22FN7O2S/c1-12-9-16(25-22-10-12)28-8-7-15(11-28)23-19-26-27-20(31-19)24-18(29)17(30-2)13-3-5-14(21)6-4-13/h3-6,9-10,15,17H,7-8,11H2,1-2H3,(H,23,26)(H,24,27,29)/t15-,17-/m1/s1. The van der Waals surface area contributed by atoms with Crippen molar-refractivity contribution in [2.45, 2.75) is 25.5 Å². The molecule has 1 aliphatic rings. The molecule has 31 heavy (non-hydrogen) atoms. The highest BCUT2D eigenvalue weighted by atomic mass is 32.1. The highest BCUT2D eigenvalue weighted by Crippen LogP contribution is 2.26. The van der Waals surface area contributed by atoms with E-state index in [0.717, 1.165) is 30.9 Å². The molecule has 0 bridgehead atoms. The number of ether oxygens (including phenoxy) is 1. The molecule has 1 amide bonds. The van der Waals surface area contributed by atoms with Crippen molar-refractivity contribution in [2.75, 3.05) is 35.7 Å². The van der Waals surface area contributed by atoms with E-state index < -0.39 is 12.0 Å². The van der Waals surface area contributed by atoms with Gasteiger partial charge in [-0.1, -0.05) is 23.5 Å². The second-order valence-corrected chi connectivity index (χ2v) is 8.21. The number of halogens is 1. The first kappa shape index (κ1) is 21.1. The molecule has 0 unspecified atom stereocenters. The Labute approximate surface area is 182 Å². The van der Waals surface area contributed by atoms with Crippen LogP contribution in [0.1, 0.15) is 23.7 Å². The molecule has 1 fully saturated rings. The van der Waals surface area contributed by atoms with Gasteiger partial charge in [0.1, 0.15) is 5.82 Å². The second-order valence-electron chi connectivity index (χ2n) is 7.24. The number of anilines is 3. The van der Waals surface area contributed by atoms with Crippen molar-refractivity contribution in [3.05, 3.63) is 53.5 Å². The molecule has 1 aromatic carbocycles. The topological polar surface area (TPSA) is 105 Å². The van der Waals surface area contributed by atoms with Crippen molar-refractivity contribution >= 4 is 33.3 Å². The number of methoxy groups -OCH3 is 1. The van der Waals surface area contributed by atoms with Gasteiger partial charge in [-0.05, 0) is 42.7 Å². The first-order chi connectivity index (χ1) is 15.0. The Bertz CT molecular complexity index is 1050. The third-order valence-electron chi connectivity index (χ3n) is 4.92. The first-order valence-corrected chi connectivity index (χ1v) is 10.6. The number of hydrogen-bond donors (Lipinski definition) is 2. The van der Waals surface area contributed by atoms with E-state index in [1.807, 2.05) is 13.0 Å². The zero-order valence-corrected chi connectivity index (χ0v) is 17.9. The normalized spacial score (nSPS) is 16.9. The lowest BCUT2D eigenvalue weighted by atomic mass is 10.1. The smallest absolute Gasteiger partial charge is 0.259 e. The third kappa shape index (κ3) is 5.12. The molecule has 11 heteroatoms. The van der Waals surface area contributed by atoms with Gasteiger partial charge in [0.05, 0.1) is 6.20 Å². The summed E-state index contributed by atoms with van der Waals surface area (Å²) in [7, 11) is 1.42. The molecular formula is C20H22FN7O2S. The lowest BCUT2D eigenvalue weighted by molar-refractivity contribution is -0.126. The van der Waals surface area contributed by atoms with Crippen molar-refractivity contribution in [2.24, 2.45) is 0 Å².